The summed E-state index contributed by atoms with van der Waals surface area (Å²) < 4.78 is 9.81. The second-order valence-corrected chi connectivity index (χ2v) is 5.98. The van der Waals surface area contributed by atoms with Crippen LogP contribution in [0, 0.1) is 17.8 Å². The molecule has 0 bridgehead atoms. The van der Waals surface area contributed by atoms with Crippen LogP contribution in [0.15, 0.2) is 30.3 Å². The SMILES string of the molecule is N[C@@]1(C(=O)O)CC[C@H]2[C@H](C(=O)OCOC(=O)c3ccccc3)[C@H]21. The Morgan fingerprint density at radius 2 is 1.91 bits per heavy atom. The van der Waals surface area contributed by atoms with E-state index in [2.05, 4.69) is 0 Å². The van der Waals surface area contributed by atoms with Gasteiger partial charge in [0.15, 0.2) is 0 Å². The van der Waals surface area contributed by atoms with Crippen molar-refractivity contribution < 1.29 is 29.0 Å². The molecule has 0 unspecified atom stereocenters. The Kier molecular flexibility index (Phi) is 3.81. The lowest BCUT2D eigenvalue weighted by molar-refractivity contribution is -0.155. The molecule has 0 amide bonds. The molecule has 0 saturated heterocycles. The summed E-state index contributed by atoms with van der Waals surface area (Å²) in [5.74, 6) is -3.19. The van der Waals surface area contributed by atoms with Crippen LogP contribution in [0.2, 0.25) is 0 Å². The van der Waals surface area contributed by atoms with Crippen molar-refractivity contribution in [2.75, 3.05) is 6.79 Å². The fourth-order valence-electron chi connectivity index (χ4n) is 3.47. The number of esters is 2. The van der Waals surface area contributed by atoms with Crippen LogP contribution >= 0.6 is 0 Å². The van der Waals surface area contributed by atoms with E-state index >= 15 is 0 Å². The van der Waals surface area contributed by atoms with Gasteiger partial charge in [-0.1, -0.05) is 18.2 Å². The summed E-state index contributed by atoms with van der Waals surface area (Å²) in [7, 11) is 0. The quantitative estimate of drug-likeness (QED) is 0.608. The van der Waals surface area contributed by atoms with Gasteiger partial charge in [-0.3, -0.25) is 9.59 Å². The minimum atomic E-state index is -1.35. The Hall–Kier alpha value is -2.41. The minimum absolute atomic E-state index is 0.0478. The van der Waals surface area contributed by atoms with Crippen LogP contribution in [-0.4, -0.2) is 35.3 Å². The normalized spacial score (nSPS) is 31.1. The molecular formula is C16H17NO6. The van der Waals surface area contributed by atoms with Gasteiger partial charge in [0, 0.05) is 5.92 Å². The predicted octanol–water partition coefficient (Wildman–Crippen LogP) is 0.782. The average molecular weight is 319 g/mol. The van der Waals surface area contributed by atoms with Crippen molar-refractivity contribution in [3.8, 4) is 0 Å². The maximum atomic E-state index is 12.0. The van der Waals surface area contributed by atoms with E-state index in [9.17, 15) is 19.5 Å². The van der Waals surface area contributed by atoms with E-state index in [0.717, 1.165) is 0 Å². The summed E-state index contributed by atoms with van der Waals surface area (Å²) in [6.07, 6.45) is 0.960. The maximum absolute atomic E-state index is 12.0. The largest absolute Gasteiger partial charge is 0.480 e. The molecule has 0 aromatic heterocycles. The first kappa shape index (κ1) is 15.5. The molecule has 7 heteroatoms. The van der Waals surface area contributed by atoms with Crippen molar-refractivity contribution >= 4 is 17.9 Å². The van der Waals surface area contributed by atoms with Crippen LogP contribution in [0.5, 0.6) is 0 Å². The van der Waals surface area contributed by atoms with Crippen LogP contribution in [0.3, 0.4) is 0 Å². The molecule has 23 heavy (non-hydrogen) atoms. The lowest BCUT2D eigenvalue weighted by Crippen LogP contribution is -2.49. The zero-order valence-electron chi connectivity index (χ0n) is 12.3. The van der Waals surface area contributed by atoms with Crippen LogP contribution in [-0.2, 0) is 19.1 Å². The first-order chi connectivity index (χ1) is 10.9. The summed E-state index contributed by atoms with van der Waals surface area (Å²) in [6, 6.07) is 8.34. The molecule has 0 aliphatic heterocycles. The molecule has 3 rings (SSSR count). The number of aliphatic carboxylic acids is 1. The number of ether oxygens (including phenoxy) is 2. The Balaban J connectivity index is 1.49. The molecule has 2 aliphatic carbocycles. The van der Waals surface area contributed by atoms with Crippen LogP contribution < -0.4 is 5.73 Å². The van der Waals surface area contributed by atoms with Crippen molar-refractivity contribution in [1.82, 2.24) is 0 Å². The van der Waals surface area contributed by atoms with Gasteiger partial charge in [0.05, 0.1) is 11.5 Å². The summed E-state index contributed by atoms with van der Waals surface area (Å²) >= 11 is 0. The molecule has 0 spiro atoms. The van der Waals surface area contributed by atoms with E-state index in [0.29, 0.717) is 18.4 Å². The van der Waals surface area contributed by atoms with Crippen LogP contribution in [0.4, 0.5) is 0 Å². The fraction of sp³-hybridized carbons (Fsp3) is 0.438. The Morgan fingerprint density at radius 1 is 1.22 bits per heavy atom. The first-order valence-corrected chi connectivity index (χ1v) is 7.36. The minimum Gasteiger partial charge on any atom is -0.480 e. The van der Waals surface area contributed by atoms with Crippen molar-refractivity contribution in [1.29, 1.82) is 0 Å². The van der Waals surface area contributed by atoms with Gasteiger partial charge in [0.25, 0.3) is 0 Å². The number of rotatable bonds is 5. The number of benzene rings is 1. The van der Waals surface area contributed by atoms with E-state index in [4.69, 9.17) is 15.2 Å². The predicted molar refractivity (Wildman–Crippen MR) is 77.1 cm³/mol. The lowest BCUT2D eigenvalue weighted by atomic mass is 9.92. The van der Waals surface area contributed by atoms with Gasteiger partial charge in [-0.05, 0) is 30.9 Å². The number of hydrogen-bond acceptors (Lipinski definition) is 6. The number of carbonyl (C=O) groups is 3. The Bertz CT molecular complexity index is 645. The van der Waals surface area contributed by atoms with Crippen molar-refractivity contribution in [3.63, 3.8) is 0 Å². The zero-order chi connectivity index (χ0) is 16.6. The number of carboxylic acids is 1. The highest BCUT2D eigenvalue weighted by Gasteiger charge is 2.70. The standard InChI is InChI=1S/C16H17NO6/c17-16(15(20)21)7-6-10-11(12(10)16)14(19)23-8-22-13(18)9-4-2-1-3-5-9/h1-5,10-12H,6-8,17H2,(H,20,21)/t10-,11-,12-,16-/m0/s1. The third-order valence-corrected chi connectivity index (χ3v) is 4.73. The summed E-state index contributed by atoms with van der Waals surface area (Å²) in [6.45, 7) is -0.493. The molecule has 1 aromatic carbocycles. The topological polar surface area (TPSA) is 116 Å². The van der Waals surface area contributed by atoms with E-state index in [1.807, 2.05) is 0 Å². The number of carbonyl (C=O) groups excluding carboxylic acids is 2. The molecule has 7 nitrogen and oxygen atoms in total. The van der Waals surface area contributed by atoms with Gasteiger partial charge in [-0.25, -0.2) is 4.79 Å². The lowest BCUT2D eigenvalue weighted by Gasteiger charge is -2.21. The molecule has 4 atom stereocenters. The number of hydrogen-bond donors (Lipinski definition) is 2. The van der Waals surface area contributed by atoms with Crippen LogP contribution in [0.1, 0.15) is 23.2 Å². The van der Waals surface area contributed by atoms with Gasteiger partial charge in [-0.2, -0.15) is 0 Å². The molecule has 3 N–H and O–H groups in total. The molecule has 2 fully saturated rings. The molecule has 2 saturated carbocycles. The summed E-state index contributed by atoms with van der Waals surface area (Å²) in [5.41, 5.74) is 4.88. The average Bonchev–Trinajstić information content (AvgIpc) is 3.18. The Morgan fingerprint density at radius 3 is 2.57 bits per heavy atom. The number of carboxylic acid groups (broad SMARTS) is 1. The van der Waals surface area contributed by atoms with E-state index < -0.39 is 42.1 Å². The van der Waals surface area contributed by atoms with Gasteiger partial charge in [0.2, 0.25) is 6.79 Å². The summed E-state index contributed by atoms with van der Waals surface area (Å²) in [4.78, 5) is 34.9. The molecular weight excluding hydrogens is 302 g/mol. The number of nitrogens with two attached hydrogens (primary N) is 1. The highest BCUT2D eigenvalue weighted by molar-refractivity contribution is 5.89. The molecule has 0 heterocycles. The van der Waals surface area contributed by atoms with E-state index in [-0.39, 0.29) is 5.92 Å². The van der Waals surface area contributed by atoms with Crippen molar-refractivity contribution in [3.05, 3.63) is 35.9 Å². The molecule has 2 aliphatic rings. The molecule has 1 aromatic rings. The molecule has 0 radical (unpaired) electrons. The second kappa shape index (κ2) is 5.66. The Labute approximate surface area is 132 Å². The van der Waals surface area contributed by atoms with Gasteiger partial charge in [0.1, 0.15) is 5.54 Å². The monoisotopic (exact) mass is 319 g/mol. The van der Waals surface area contributed by atoms with Crippen LogP contribution in [0.25, 0.3) is 0 Å². The highest BCUT2D eigenvalue weighted by Crippen LogP contribution is 2.61. The van der Waals surface area contributed by atoms with Gasteiger partial charge >= 0.3 is 17.9 Å². The van der Waals surface area contributed by atoms with Crippen molar-refractivity contribution in [2.45, 2.75) is 18.4 Å². The van der Waals surface area contributed by atoms with Gasteiger partial charge in [-0.15, -0.1) is 0 Å². The maximum Gasteiger partial charge on any atom is 0.340 e. The highest BCUT2D eigenvalue weighted by atomic mass is 16.7. The van der Waals surface area contributed by atoms with E-state index in [1.165, 1.54) is 0 Å². The molecule has 122 valence electrons. The smallest absolute Gasteiger partial charge is 0.340 e. The zero-order valence-corrected chi connectivity index (χ0v) is 12.3. The third-order valence-electron chi connectivity index (χ3n) is 4.73. The first-order valence-electron chi connectivity index (χ1n) is 7.36. The second-order valence-electron chi connectivity index (χ2n) is 5.98. The fourth-order valence-corrected chi connectivity index (χ4v) is 3.47. The third kappa shape index (κ3) is 2.68. The van der Waals surface area contributed by atoms with E-state index in [1.54, 1.807) is 30.3 Å². The number of fused-ring (bicyclic) bond motifs is 1. The van der Waals surface area contributed by atoms with Gasteiger partial charge < -0.3 is 20.3 Å². The van der Waals surface area contributed by atoms with Crippen molar-refractivity contribution in [2.24, 2.45) is 23.5 Å². The summed E-state index contributed by atoms with van der Waals surface area (Å²) in [5, 5.41) is 9.20.